The molecule has 0 saturated carbocycles. The summed E-state index contributed by atoms with van der Waals surface area (Å²) in [7, 11) is 0. The molecule has 4 nitrogen and oxygen atoms in total. The third kappa shape index (κ3) is 7.22. The number of para-hydroxylation sites is 1. The van der Waals surface area contributed by atoms with Crippen molar-refractivity contribution in [2.45, 2.75) is 39.4 Å². The van der Waals surface area contributed by atoms with Crippen molar-refractivity contribution in [1.29, 1.82) is 0 Å². The first-order valence-electron chi connectivity index (χ1n) is 12.2. The van der Waals surface area contributed by atoms with Crippen LogP contribution in [0.25, 0.3) is 10.9 Å². The Balaban J connectivity index is 1.53. The van der Waals surface area contributed by atoms with Gasteiger partial charge < -0.3 is 9.88 Å². The van der Waals surface area contributed by atoms with Crippen molar-refractivity contribution in [3.8, 4) is 0 Å². The topological polar surface area (TPSA) is 39.3 Å². The number of H-pyrrole nitrogens is 1. The molecule has 37 heavy (non-hydrogen) atoms. The van der Waals surface area contributed by atoms with Crippen LogP contribution in [0.3, 0.4) is 0 Å². The summed E-state index contributed by atoms with van der Waals surface area (Å²) < 4.78 is 0. The first-order chi connectivity index (χ1) is 17.7. The summed E-state index contributed by atoms with van der Waals surface area (Å²) in [5, 5.41) is 3.17. The van der Waals surface area contributed by atoms with Crippen molar-refractivity contribution < 1.29 is 4.79 Å². The molecule has 4 rings (SSSR count). The van der Waals surface area contributed by atoms with Crippen molar-refractivity contribution >= 4 is 63.2 Å². The van der Waals surface area contributed by atoms with E-state index in [1.807, 2.05) is 47.5 Å². The van der Waals surface area contributed by atoms with E-state index in [9.17, 15) is 4.79 Å². The van der Waals surface area contributed by atoms with Gasteiger partial charge in [-0.1, -0.05) is 76.7 Å². The predicted octanol–water partition coefficient (Wildman–Crippen LogP) is 8.26. The van der Waals surface area contributed by atoms with Crippen LogP contribution in [0, 0.1) is 0 Å². The number of fused-ring (bicyclic) bond motifs is 1. The van der Waals surface area contributed by atoms with Crippen molar-refractivity contribution in [2.24, 2.45) is 0 Å². The Hall–Kier alpha value is -2.21. The lowest BCUT2D eigenvalue weighted by molar-refractivity contribution is -0.133. The minimum Gasteiger partial charge on any atom is -0.361 e. The van der Waals surface area contributed by atoms with Gasteiger partial charge in [0.1, 0.15) is 0 Å². The van der Waals surface area contributed by atoms with Gasteiger partial charge in [0.25, 0.3) is 0 Å². The molecule has 0 aliphatic heterocycles. The highest BCUT2D eigenvalue weighted by molar-refractivity contribution is 6.42. The molecule has 4 aromatic rings. The molecule has 3 aromatic carbocycles. The fourth-order valence-electron chi connectivity index (χ4n) is 4.31. The molecule has 1 aromatic heterocycles. The van der Waals surface area contributed by atoms with Gasteiger partial charge in [0, 0.05) is 42.8 Å². The number of hydrogen-bond donors (Lipinski definition) is 1. The summed E-state index contributed by atoms with van der Waals surface area (Å²) in [6, 6.07) is 19.4. The van der Waals surface area contributed by atoms with E-state index < -0.39 is 0 Å². The Morgan fingerprint density at radius 1 is 0.838 bits per heavy atom. The first-order valence-corrected chi connectivity index (χ1v) is 13.7. The van der Waals surface area contributed by atoms with Crippen LogP contribution in [0.4, 0.5) is 0 Å². The minimum atomic E-state index is 0.0414. The Morgan fingerprint density at radius 3 is 2.08 bits per heavy atom. The molecule has 0 radical (unpaired) electrons. The second-order valence-electron chi connectivity index (χ2n) is 9.42. The molecule has 1 N–H and O–H groups in total. The lowest BCUT2D eigenvalue weighted by Crippen LogP contribution is -2.43. The lowest BCUT2D eigenvalue weighted by atomic mass is 10.1. The molecule has 0 aliphatic carbocycles. The zero-order valence-electron chi connectivity index (χ0n) is 20.8. The maximum atomic E-state index is 13.7. The predicted molar refractivity (Wildman–Crippen MR) is 156 cm³/mol. The number of nitrogens with one attached hydrogen (secondary N) is 1. The van der Waals surface area contributed by atoms with E-state index in [0.29, 0.717) is 39.7 Å². The van der Waals surface area contributed by atoms with Gasteiger partial charge in [0.2, 0.25) is 5.91 Å². The van der Waals surface area contributed by atoms with E-state index in [1.165, 1.54) is 10.9 Å². The first kappa shape index (κ1) is 27.8. The fraction of sp³-hybridized carbons (Fsp3) is 0.276. The third-order valence-electron chi connectivity index (χ3n) is 6.47. The zero-order valence-corrected chi connectivity index (χ0v) is 23.8. The number of carbonyl (C=O) groups excluding carboxylic acids is 1. The highest BCUT2D eigenvalue weighted by Crippen LogP contribution is 2.25. The Kier molecular flexibility index (Phi) is 9.44. The number of amides is 1. The monoisotopic (exact) mass is 575 g/mol. The van der Waals surface area contributed by atoms with Crippen molar-refractivity contribution in [3.05, 3.63) is 104 Å². The van der Waals surface area contributed by atoms with Crippen molar-refractivity contribution in [3.63, 3.8) is 0 Å². The van der Waals surface area contributed by atoms with E-state index in [2.05, 4.69) is 35.9 Å². The van der Waals surface area contributed by atoms with Crippen LogP contribution in [-0.4, -0.2) is 39.8 Å². The summed E-state index contributed by atoms with van der Waals surface area (Å²) in [4.78, 5) is 21.1. The van der Waals surface area contributed by atoms with Gasteiger partial charge in [-0.25, -0.2) is 0 Å². The number of hydrogen-bond acceptors (Lipinski definition) is 2. The standard InChI is InChI=1S/C29H29Cl4N3O/c1-19(2)36(17-21-8-10-25(31)27(33)14-21)18-29(37)35(16-20-7-9-24(30)26(32)13-20)12-11-22-15-34-28-6-4-3-5-23(22)28/h3-10,13-15,19,34H,11-12,16-18H2,1-2H3. The molecule has 1 heterocycles. The number of benzene rings is 3. The van der Waals surface area contributed by atoms with Crippen molar-refractivity contribution in [2.75, 3.05) is 13.1 Å². The van der Waals surface area contributed by atoms with Gasteiger partial charge >= 0.3 is 0 Å². The lowest BCUT2D eigenvalue weighted by Gasteiger charge is -2.30. The number of carbonyl (C=O) groups is 1. The minimum absolute atomic E-state index is 0.0414. The van der Waals surface area contributed by atoms with Gasteiger partial charge in [-0.05, 0) is 67.3 Å². The molecule has 0 fully saturated rings. The molecular weight excluding hydrogens is 548 g/mol. The number of halogens is 4. The highest BCUT2D eigenvalue weighted by Gasteiger charge is 2.21. The summed E-state index contributed by atoms with van der Waals surface area (Å²) >= 11 is 24.7. The van der Waals surface area contributed by atoms with Crippen molar-refractivity contribution in [1.82, 2.24) is 14.8 Å². The summed E-state index contributed by atoms with van der Waals surface area (Å²) in [6.45, 7) is 6.03. The molecule has 8 heteroatoms. The van der Waals surface area contributed by atoms with Gasteiger partial charge in [-0.2, -0.15) is 0 Å². The molecule has 0 atom stereocenters. The van der Waals surface area contributed by atoms with Crippen LogP contribution < -0.4 is 0 Å². The highest BCUT2D eigenvalue weighted by atomic mass is 35.5. The maximum absolute atomic E-state index is 13.7. The number of aromatic amines is 1. The van der Waals surface area contributed by atoms with Crippen LogP contribution in [0.15, 0.2) is 66.9 Å². The summed E-state index contributed by atoms with van der Waals surface area (Å²) in [5.74, 6) is 0.0414. The smallest absolute Gasteiger partial charge is 0.237 e. The number of nitrogens with zero attached hydrogens (tertiary/aromatic N) is 2. The van der Waals surface area contributed by atoms with Crippen LogP contribution in [0.1, 0.15) is 30.5 Å². The number of aromatic nitrogens is 1. The Morgan fingerprint density at radius 2 is 1.46 bits per heavy atom. The van der Waals surface area contributed by atoms with Crippen LogP contribution >= 0.6 is 46.4 Å². The quantitative estimate of drug-likeness (QED) is 0.206. The second-order valence-corrected chi connectivity index (χ2v) is 11.0. The summed E-state index contributed by atoms with van der Waals surface area (Å²) in [5.41, 5.74) is 4.21. The Labute approximate surface area is 238 Å². The molecule has 0 saturated heterocycles. The van der Waals surface area contributed by atoms with Crippen LogP contribution in [0.5, 0.6) is 0 Å². The maximum Gasteiger partial charge on any atom is 0.237 e. The van der Waals surface area contributed by atoms with Crippen LogP contribution in [0.2, 0.25) is 20.1 Å². The molecule has 0 bridgehead atoms. The summed E-state index contributed by atoms with van der Waals surface area (Å²) in [6.07, 6.45) is 2.75. The fourth-order valence-corrected chi connectivity index (χ4v) is 4.95. The average molecular weight is 577 g/mol. The number of rotatable bonds is 10. The Bertz CT molecular complexity index is 1380. The van der Waals surface area contributed by atoms with E-state index in [1.54, 1.807) is 12.1 Å². The third-order valence-corrected chi connectivity index (χ3v) is 7.95. The largest absolute Gasteiger partial charge is 0.361 e. The van der Waals surface area contributed by atoms with E-state index >= 15 is 0 Å². The van der Waals surface area contributed by atoms with Gasteiger partial charge in [-0.3, -0.25) is 9.69 Å². The molecule has 0 spiro atoms. The average Bonchev–Trinajstić information content (AvgIpc) is 3.28. The van der Waals surface area contributed by atoms with E-state index in [0.717, 1.165) is 23.1 Å². The van der Waals surface area contributed by atoms with Gasteiger partial charge in [0.05, 0.1) is 26.6 Å². The molecule has 0 unspecified atom stereocenters. The van der Waals surface area contributed by atoms with Gasteiger partial charge in [-0.15, -0.1) is 0 Å². The molecule has 194 valence electrons. The zero-order chi connectivity index (χ0) is 26.5. The second kappa shape index (κ2) is 12.6. The molecule has 0 aliphatic rings. The molecular formula is C29H29Cl4N3O. The van der Waals surface area contributed by atoms with Crippen LogP contribution in [-0.2, 0) is 24.3 Å². The normalized spacial score (nSPS) is 11.6. The van der Waals surface area contributed by atoms with E-state index in [4.69, 9.17) is 46.4 Å². The SMILES string of the molecule is CC(C)N(CC(=O)N(CCc1c[nH]c2ccccc12)Cc1ccc(Cl)c(Cl)c1)Cc1ccc(Cl)c(Cl)c1. The molecule has 1 amide bonds. The van der Waals surface area contributed by atoms with E-state index in [-0.39, 0.29) is 18.5 Å². The van der Waals surface area contributed by atoms with Gasteiger partial charge in [0.15, 0.2) is 0 Å².